The highest BCUT2D eigenvalue weighted by molar-refractivity contribution is 6.31. The number of hydrogen-bond donors (Lipinski definition) is 1. The van der Waals surface area contributed by atoms with Gasteiger partial charge in [0.05, 0.1) is 18.7 Å². The Morgan fingerprint density at radius 3 is 2.48 bits per heavy atom. The number of hydrogen-bond acceptors (Lipinski definition) is 3. The van der Waals surface area contributed by atoms with E-state index < -0.39 is 11.5 Å². The van der Waals surface area contributed by atoms with Crippen molar-refractivity contribution in [2.45, 2.75) is 39.3 Å². The minimum absolute atomic E-state index is 0.277. The molecule has 1 heterocycles. The standard InChI is InChI=1S/C26H24ClNO3/c1-16-8-9-18(3)21(12-16)24(29)14-26(31)22-13-20(27)10-11-23(22)28(25(26)30)15-19-7-5-4-6-17(19)2/h4-13,31H,14-15H2,1-3H3/t26-/m1/s1. The summed E-state index contributed by atoms with van der Waals surface area (Å²) < 4.78 is 0. The van der Waals surface area contributed by atoms with Gasteiger partial charge >= 0.3 is 0 Å². The molecule has 5 heteroatoms. The molecule has 4 nitrogen and oxygen atoms in total. The van der Waals surface area contributed by atoms with Gasteiger partial charge in [0.25, 0.3) is 5.91 Å². The monoisotopic (exact) mass is 433 g/mol. The van der Waals surface area contributed by atoms with Crippen molar-refractivity contribution >= 4 is 29.0 Å². The van der Waals surface area contributed by atoms with E-state index in [2.05, 4.69) is 0 Å². The number of aryl methyl sites for hydroxylation is 3. The molecule has 4 rings (SSSR count). The van der Waals surface area contributed by atoms with E-state index >= 15 is 0 Å². The molecule has 0 saturated heterocycles. The number of Topliss-reactive ketones (excluding diaryl/α,β-unsaturated/α-hetero) is 1. The molecule has 1 aliphatic heterocycles. The highest BCUT2D eigenvalue weighted by Crippen LogP contribution is 2.45. The molecule has 1 amide bonds. The maximum atomic E-state index is 13.5. The molecule has 3 aromatic rings. The molecule has 1 aliphatic rings. The summed E-state index contributed by atoms with van der Waals surface area (Å²) >= 11 is 6.21. The van der Waals surface area contributed by atoms with E-state index in [1.807, 2.05) is 57.2 Å². The van der Waals surface area contributed by atoms with Crippen LogP contribution in [-0.2, 0) is 16.9 Å². The Hall–Kier alpha value is -2.95. The van der Waals surface area contributed by atoms with Crippen LogP contribution >= 0.6 is 11.6 Å². The van der Waals surface area contributed by atoms with Crippen LogP contribution in [0.5, 0.6) is 0 Å². The van der Waals surface area contributed by atoms with Gasteiger partial charge in [-0.1, -0.05) is 53.6 Å². The van der Waals surface area contributed by atoms with Gasteiger partial charge in [0.15, 0.2) is 11.4 Å². The Kier molecular flexibility index (Phi) is 5.46. The van der Waals surface area contributed by atoms with Crippen LogP contribution in [0, 0.1) is 20.8 Å². The SMILES string of the molecule is Cc1ccc(C)c(C(=O)C[C@]2(O)C(=O)N(Cc3ccccc3C)c3ccc(Cl)cc32)c1. The van der Waals surface area contributed by atoms with Gasteiger partial charge in [-0.25, -0.2) is 0 Å². The zero-order valence-electron chi connectivity index (χ0n) is 17.8. The zero-order valence-corrected chi connectivity index (χ0v) is 18.5. The smallest absolute Gasteiger partial charge is 0.264 e. The number of benzene rings is 3. The van der Waals surface area contributed by atoms with E-state index in [1.54, 1.807) is 29.2 Å². The van der Waals surface area contributed by atoms with Crippen LogP contribution in [0.2, 0.25) is 5.02 Å². The molecule has 0 radical (unpaired) electrons. The Balaban J connectivity index is 1.74. The number of halogens is 1. The molecule has 1 N–H and O–H groups in total. The van der Waals surface area contributed by atoms with Crippen molar-refractivity contribution in [3.8, 4) is 0 Å². The van der Waals surface area contributed by atoms with E-state index in [-0.39, 0.29) is 12.2 Å². The Bertz CT molecular complexity index is 1200. The van der Waals surface area contributed by atoms with Gasteiger partial charge in [-0.2, -0.15) is 0 Å². The summed E-state index contributed by atoms with van der Waals surface area (Å²) in [5.74, 6) is -0.785. The topological polar surface area (TPSA) is 57.6 Å². The van der Waals surface area contributed by atoms with E-state index in [9.17, 15) is 14.7 Å². The highest BCUT2D eigenvalue weighted by atomic mass is 35.5. The lowest BCUT2D eigenvalue weighted by Crippen LogP contribution is -2.41. The number of amides is 1. The third-order valence-electron chi connectivity index (χ3n) is 5.99. The van der Waals surface area contributed by atoms with Crippen molar-refractivity contribution in [3.05, 3.63) is 99.1 Å². The maximum Gasteiger partial charge on any atom is 0.264 e. The number of fused-ring (bicyclic) bond motifs is 1. The van der Waals surface area contributed by atoms with Crippen LogP contribution in [-0.4, -0.2) is 16.8 Å². The molecule has 0 bridgehead atoms. The predicted molar refractivity (Wildman–Crippen MR) is 123 cm³/mol. The molecule has 0 saturated carbocycles. The molecule has 0 spiro atoms. The van der Waals surface area contributed by atoms with Crippen molar-refractivity contribution in [1.29, 1.82) is 0 Å². The summed E-state index contributed by atoms with van der Waals surface area (Å²) in [5, 5.41) is 12.0. The summed E-state index contributed by atoms with van der Waals surface area (Å²) in [7, 11) is 0. The van der Waals surface area contributed by atoms with Crippen molar-refractivity contribution in [2.24, 2.45) is 0 Å². The van der Waals surface area contributed by atoms with Gasteiger partial charge in [-0.3, -0.25) is 9.59 Å². The maximum absolute atomic E-state index is 13.5. The quantitative estimate of drug-likeness (QED) is 0.557. The van der Waals surface area contributed by atoms with Gasteiger partial charge < -0.3 is 10.0 Å². The van der Waals surface area contributed by atoms with Gasteiger partial charge in [-0.15, -0.1) is 0 Å². The van der Waals surface area contributed by atoms with Gasteiger partial charge in [0.1, 0.15) is 0 Å². The second-order valence-electron chi connectivity index (χ2n) is 8.26. The molecule has 0 unspecified atom stereocenters. The fourth-order valence-electron chi connectivity index (χ4n) is 4.17. The predicted octanol–water partition coefficient (Wildman–Crippen LogP) is 5.27. The average Bonchev–Trinajstić information content (AvgIpc) is 2.92. The lowest BCUT2D eigenvalue weighted by molar-refractivity contribution is -0.136. The number of carbonyl (C=O) groups is 2. The lowest BCUT2D eigenvalue weighted by Gasteiger charge is -2.23. The van der Waals surface area contributed by atoms with Gasteiger partial charge in [0, 0.05) is 16.1 Å². The number of anilines is 1. The normalized spacial score (nSPS) is 17.7. The first kappa shape index (κ1) is 21.3. The van der Waals surface area contributed by atoms with Gasteiger partial charge in [-0.05, 0) is 61.7 Å². The molecule has 3 aromatic carbocycles. The second-order valence-corrected chi connectivity index (χ2v) is 8.69. The Morgan fingerprint density at radius 1 is 1.00 bits per heavy atom. The molecule has 158 valence electrons. The van der Waals surface area contributed by atoms with Crippen LogP contribution in [0.25, 0.3) is 0 Å². The van der Waals surface area contributed by atoms with E-state index in [0.29, 0.717) is 28.4 Å². The van der Waals surface area contributed by atoms with E-state index in [4.69, 9.17) is 11.6 Å². The van der Waals surface area contributed by atoms with Crippen molar-refractivity contribution in [2.75, 3.05) is 4.90 Å². The molecular formula is C26H24ClNO3. The number of nitrogens with zero attached hydrogens (tertiary/aromatic N) is 1. The average molecular weight is 434 g/mol. The summed E-state index contributed by atoms with van der Waals surface area (Å²) in [6.45, 7) is 6.04. The molecular weight excluding hydrogens is 410 g/mol. The number of rotatable bonds is 5. The third-order valence-corrected chi connectivity index (χ3v) is 6.23. The lowest BCUT2D eigenvalue weighted by atomic mass is 9.87. The molecule has 31 heavy (non-hydrogen) atoms. The molecule has 0 aromatic heterocycles. The summed E-state index contributed by atoms with van der Waals surface area (Å²) in [6.07, 6.45) is -0.340. The number of aliphatic hydroxyl groups is 1. The minimum Gasteiger partial charge on any atom is -0.375 e. The summed E-state index contributed by atoms with van der Waals surface area (Å²) in [4.78, 5) is 28.2. The first-order chi connectivity index (χ1) is 14.7. The molecule has 0 aliphatic carbocycles. The van der Waals surface area contributed by atoms with Crippen LogP contribution in [0.1, 0.15) is 44.6 Å². The first-order valence-electron chi connectivity index (χ1n) is 10.2. The fraction of sp³-hybridized carbons (Fsp3) is 0.231. The first-order valence-corrected chi connectivity index (χ1v) is 10.6. The van der Waals surface area contributed by atoms with Crippen molar-refractivity contribution in [3.63, 3.8) is 0 Å². The van der Waals surface area contributed by atoms with E-state index in [1.165, 1.54) is 0 Å². The fourth-order valence-corrected chi connectivity index (χ4v) is 4.34. The van der Waals surface area contributed by atoms with Crippen LogP contribution in [0.3, 0.4) is 0 Å². The molecule has 1 atom stereocenters. The van der Waals surface area contributed by atoms with Crippen LogP contribution in [0.4, 0.5) is 5.69 Å². The summed E-state index contributed by atoms with van der Waals surface area (Å²) in [5.41, 5.74) is 3.29. The second kappa shape index (κ2) is 7.95. The van der Waals surface area contributed by atoms with E-state index in [0.717, 1.165) is 22.3 Å². The van der Waals surface area contributed by atoms with Crippen LogP contribution < -0.4 is 4.90 Å². The largest absolute Gasteiger partial charge is 0.375 e. The summed E-state index contributed by atoms with van der Waals surface area (Å²) in [6, 6.07) is 18.4. The minimum atomic E-state index is -1.96. The highest BCUT2D eigenvalue weighted by Gasteiger charge is 2.51. The zero-order chi connectivity index (χ0) is 22.3. The number of carbonyl (C=O) groups excluding carboxylic acids is 2. The van der Waals surface area contributed by atoms with Crippen molar-refractivity contribution < 1.29 is 14.7 Å². The van der Waals surface area contributed by atoms with Crippen LogP contribution in [0.15, 0.2) is 60.7 Å². The third kappa shape index (κ3) is 3.78. The molecule has 0 fully saturated rings. The Morgan fingerprint density at radius 2 is 1.74 bits per heavy atom. The van der Waals surface area contributed by atoms with Crippen molar-refractivity contribution in [1.82, 2.24) is 0 Å². The van der Waals surface area contributed by atoms with Gasteiger partial charge in [0.2, 0.25) is 0 Å². The number of ketones is 1. The Labute approximate surface area is 187 Å².